The van der Waals surface area contributed by atoms with Crippen LogP contribution < -0.4 is 10.6 Å². The third-order valence-corrected chi connectivity index (χ3v) is 5.70. The minimum absolute atomic E-state index is 0.144. The Kier molecular flexibility index (Phi) is 8.53. The summed E-state index contributed by atoms with van der Waals surface area (Å²) < 4.78 is 90.7. The molecule has 2 aromatic carbocycles. The summed E-state index contributed by atoms with van der Waals surface area (Å²) in [6.07, 6.45) is -13.4. The van der Waals surface area contributed by atoms with Gasteiger partial charge in [-0.3, -0.25) is 9.59 Å². The number of amides is 2. The van der Waals surface area contributed by atoms with Gasteiger partial charge in [-0.2, -0.15) is 26.3 Å². The second-order valence-corrected chi connectivity index (χ2v) is 9.10. The lowest BCUT2D eigenvalue weighted by molar-refractivity contribution is -0.177. The number of hydrogen-bond donors (Lipinski definition) is 2. The highest BCUT2D eigenvalue weighted by Gasteiger charge is 2.52. The Morgan fingerprint density at radius 3 is 1.35 bits per heavy atom. The van der Waals surface area contributed by atoms with E-state index in [0.29, 0.717) is 11.1 Å². The molecule has 4 atom stereocenters. The van der Waals surface area contributed by atoms with Crippen LogP contribution in [0.15, 0.2) is 60.7 Å². The molecule has 0 unspecified atom stereocenters. The summed E-state index contributed by atoms with van der Waals surface area (Å²) in [5.41, 5.74) is 1.09. The number of halogens is 6. The van der Waals surface area contributed by atoms with Gasteiger partial charge in [0.2, 0.25) is 0 Å². The van der Waals surface area contributed by atoms with Crippen LogP contribution in [0.4, 0.5) is 26.3 Å². The molecule has 0 saturated carbocycles. The van der Waals surface area contributed by atoms with Gasteiger partial charge in [0.05, 0.1) is 12.1 Å². The Bertz CT molecular complexity index is 977. The lowest BCUT2D eigenvalue weighted by atomic mass is 9.91. The van der Waals surface area contributed by atoms with E-state index in [1.54, 1.807) is 60.7 Å². The highest BCUT2D eigenvalue weighted by Crippen LogP contribution is 2.34. The van der Waals surface area contributed by atoms with Crippen LogP contribution in [0.3, 0.4) is 0 Å². The molecule has 2 aromatic rings. The Labute approximate surface area is 209 Å². The van der Waals surface area contributed by atoms with E-state index in [0.717, 1.165) is 0 Å². The maximum atomic E-state index is 13.2. The van der Waals surface area contributed by atoms with E-state index < -0.39 is 54.2 Å². The highest BCUT2D eigenvalue weighted by molar-refractivity contribution is 5.82. The van der Waals surface area contributed by atoms with Crippen molar-refractivity contribution in [2.75, 3.05) is 0 Å². The molecular formula is C25H26F6N2O4. The first-order valence-electron chi connectivity index (χ1n) is 11.3. The van der Waals surface area contributed by atoms with Crippen LogP contribution in [0.2, 0.25) is 0 Å². The molecule has 1 fully saturated rings. The van der Waals surface area contributed by atoms with Gasteiger partial charge >= 0.3 is 24.2 Å². The summed E-state index contributed by atoms with van der Waals surface area (Å²) in [5, 5.41) is 3.83. The lowest BCUT2D eigenvalue weighted by Crippen LogP contribution is -2.58. The van der Waals surface area contributed by atoms with Crippen LogP contribution in [0.25, 0.3) is 0 Å². The van der Waals surface area contributed by atoms with Crippen molar-refractivity contribution in [2.45, 2.75) is 69.1 Å². The van der Waals surface area contributed by atoms with E-state index in [1.807, 2.05) is 10.6 Å². The number of ether oxygens (including phenoxy) is 2. The molecule has 3 rings (SSSR count). The predicted octanol–water partition coefficient (Wildman–Crippen LogP) is 4.09. The average molecular weight is 532 g/mol. The van der Waals surface area contributed by atoms with E-state index >= 15 is 0 Å². The van der Waals surface area contributed by atoms with Crippen LogP contribution >= 0.6 is 0 Å². The first kappa shape index (κ1) is 28.5. The molecule has 0 spiro atoms. The highest BCUT2D eigenvalue weighted by atomic mass is 19.4. The second-order valence-electron chi connectivity index (χ2n) is 9.10. The normalized spacial score (nSPS) is 21.2. The zero-order chi connectivity index (χ0) is 27.4. The third-order valence-electron chi connectivity index (χ3n) is 5.70. The molecule has 0 radical (unpaired) electrons. The van der Waals surface area contributed by atoms with Crippen molar-refractivity contribution >= 4 is 11.8 Å². The SMILES string of the molecule is CC1(C)O[C@@H]([C@@H](Cc2ccccc2)NC(=O)C(F)(F)F)[C@H]([C@@H](Cc2ccccc2)NC(=O)C(F)(F)F)O1. The summed E-state index contributed by atoms with van der Waals surface area (Å²) in [4.78, 5) is 23.8. The Morgan fingerprint density at radius 1 is 0.730 bits per heavy atom. The molecule has 0 bridgehead atoms. The number of benzene rings is 2. The summed E-state index contributed by atoms with van der Waals surface area (Å²) in [6.45, 7) is 2.88. The van der Waals surface area contributed by atoms with E-state index in [1.165, 1.54) is 13.8 Å². The monoisotopic (exact) mass is 532 g/mol. The topological polar surface area (TPSA) is 76.7 Å². The maximum absolute atomic E-state index is 13.2. The van der Waals surface area contributed by atoms with Gasteiger partial charge in [-0.05, 0) is 37.8 Å². The molecule has 12 heteroatoms. The quantitative estimate of drug-likeness (QED) is 0.503. The Balaban J connectivity index is 2.00. The molecule has 1 aliphatic rings. The van der Waals surface area contributed by atoms with Gasteiger partial charge in [0, 0.05) is 0 Å². The van der Waals surface area contributed by atoms with Crippen molar-refractivity contribution < 1.29 is 45.4 Å². The molecule has 202 valence electrons. The fourth-order valence-electron chi connectivity index (χ4n) is 4.17. The maximum Gasteiger partial charge on any atom is 0.471 e. The van der Waals surface area contributed by atoms with E-state index in [-0.39, 0.29) is 12.8 Å². The Morgan fingerprint density at radius 2 is 1.05 bits per heavy atom. The Hall–Kier alpha value is -3.12. The zero-order valence-electron chi connectivity index (χ0n) is 19.9. The number of nitrogens with one attached hydrogen (secondary N) is 2. The van der Waals surface area contributed by atoms with Crippen molar-refractivity contribution in [3.8, 4) is 0 Å². The van der Waals surface area contributed by atoms with Crippen LogP contribution in [-0.4, -0.2) is 54.2 Å². The molecule has 1 saturated heterocycles. The van der Waals surface area contributed by atoms with E-state index in [4.69, 9.17) is 9.47 Å². The van der Waals surface area contributed by atoms with Crippen LogP contribution in [0, 0.1) is 0 Å². The van der Waals surface area contributed by atoms with Crippen molar-refractivity contribution in [2.24, 2.45) is 0 Å². The largest absolute Gasteiger partial charge is 0.471 e. The molecular weight excluding hydrogens is 506 g/mol. The molecule has 1 heterocycles. The molecule has 2 amide bonds. The summed E-state index contributed by atoms with van der Waals surface area (Å²) in [5.74, 6) is -5.91. The van der Waals surface area contributed by atoms with Crippen molar-refractivity contribution in [3.05, 3.63) is 71.8 Å². The average Bonchev–Trinajstić information content (AvgIpc) is 3.13. The number of carbonyl (C=O) groups excluding carboxylic acids is 2. The van der Waals surface area contributed by atoms with Crippen LogP contribution in [0.1, 0.15) is 25.0 Å². The molecule has 37 heavy (non-hydrogen) atoms. The lowest BCUT2D eigenvalue weighted by Gasteiger charge is -2.32. The molecule has 0 aromatic heterocycles. The predicted molar refractivity (Wildman–Crippen MR) is 120 cm³/mol. The number of rotatable bonds is 8. The number of carbonyl (C=O) groups is 2. The van der Waals surface area contributed by atoms with Gasteiger partial charge in [-0.25, -0.2) is 0 Å². The van der Waals surface area contributed by atoms with Gasteiger partial charge in [0.15, 0.2) is 5.79 Å². The van der Waals surface area contributed by atoms with Crippen molar-refractivity contribution in [1.29, 1.82) is 0 Å². The van der Waals surface area contributed by atoms with E-state index in [9.17, 15) is 35.9 Å². The van der Waals surface area contributed by atoms with Gasteiger partial charge in [0.1, 0.15) is 12.2 Å². The van der Waals surface area contributed by atoms with Crippen molar-refractivity contribution in [1.82, 2.24) is 10.6 Å². The summed E-state index contributed by atoms with van der Waals surface area (Å²) >= 11 is 0. The summed E-state index contributed by atoms with van der Waals surface area (Å²) in [7, 11) is 0. The van der Waals surface area contributed by atoms with Crippen LogP contribution in [0.5, 0.6) is 0 Å². The second kappa shape index (κ2) is 11.1. The summed E-state index contributed by atoms with van der Waals surface area (Å²) in [6, 6.07) is 13.7. The van der Waals surface area contributed by atoms with Gasteiger partial charge in [-0.1, -0.05) is 60.7 Å². The molecule has 1 aliphatic heterocycles. The molecule has 2 N–H and O–H groups in total. The number of alkyl halides is 6. The molecule has 0 aliphatic carbocycles. The van der Waals surface area contributed by atoms with E-state index in [2.05, 4.69) is 0 Å². The van der Waals surface area contributed by atoms with Gasteiger partial charge in [-0.15, -0.1) is 0 Å². The standard InChI is InChI=1S/C25H26F6N2O4/c1-23(2)36-19(17(32-21(34)24(26,27)28)13-15-9-5-3-6-10-15)20(37-23)18(33-22(35)25(29,30)31)14-16-11-7-4-8-12-16/h3-12,17-20H,13-14H2,1-2H3,(H,32,34)(H,33,35)/t17-,18-,19+,20+/m1/s1. The number of hydrogen-bond acceptors (Lipinski definition) is 4. The minimum Gasteiger partial charge on any atom is -0.342 e. The minimum atomic E-state index is -5.21. The fourth-order valence-corrected chi connectivity index (χ4v) is 4.17. The zero-order valence-corrected chi connectivity index (χ0v) is 19.9. The van der Waals surface area contributed by atoms with Crippen LogP contribution in [-0.2, 0) is 31.9 Å². The first-order valence-corrected chi connectivity index (χ1v) is 11.3. The molecule has 6 nitrogen and oxygen atoms in total. The first-order chi connectivity index (χ1) is 17.2. The van der Waals surface area contributed by atoms with Gasteiger partial charge in [0.25, 0.3) is 0 Å². The van der Waals surface area contributed by atoms with Gasteiger partial charge < -0.3 is 20.1 Å². The smallest absolute Gasteiger partial charge is 0.342 e. The van der Waals surface area contributed by atoms with Crippen molar-refractivity contribution in [3.63, 3.8) is 0 Å². The fraction of sp³-hybridized carbons (Fsp3) is 0.440. The third kappa shape index (κ3) is 7.93.